The highest BCUT2D eigenvalue weighted by molar-refractivity contribution is 8.00. The summed E-state index contributed by atoms with van der Waals surface area (Å²) in [6.07, 6.45) is 2.10. The van der Waals surface area contributed by atoms with Crippen molar-refractivity contribution in [1.29, 1.82) is 0 Å². The maximum Gasteiger partial charge on any atom is 0.240 e. The van der Waals surface area contributed by atoms with Crippen molar-refractivity contribution in [2.75, 3.05) is 5.75 Å². The number of fused-ring (bicyclic) bond motifs is 1. The Kier molecular flexibility index (Phi) is 3.96. The van der Waals surface area contributed by atoms with Crippen LogP contribution in [0.1, 0.15) is 54.4 Å². The standard InChI is InChI=1S/C15H28N2OS/c1-14(2,3)11-9-19-12-8-7-10(13(18)17(11)12)16-15(4,5)6/h10-12,16H,7-9H2,1-6H3. The van der Waals surface area contributed by atoms with Crippen LogP contribution in [-0.4, -0.2) is 39.6 Å². The number of piperidine rings is 1. The second-order valence-corrected chi connectivity index (χ2v) is 9.15. The second-order valence-electron chi connectivity index (χ2n) is 7.94. The van der Waals surface area contributed by atoms with E-state index in [9.17, 15) is 4.79 Å². The van der Waals surface area contributed by atoms with Crippen molar-refractivity contribution in [2.24, 2.45) is 5.41 Å². The molecule has 0 radical (unpaired) electrons. The summed E-state index contributed by atoms with van der Waals surface area (Å²) in [7, 11) is 0. The van der Waals surface area contributed by atoms with Crippen LogP contribution in [0.5, 0.6) is 0 Å². The molecule has 2 saturated heterocycles. The predicted molar refractivity (Wildman–Crippen MR) is 82.2 cm³/mol. The molecule has 0 aromatic carbocycles. The van der Waals surface area contributed by atoms with Gasteiger partial charge in [0.05, 0.1) is 11.4 Å². The number of hydrogen-bond acceptors (Lipinski definition) is 3. The number of nitrogens with one attached hydrogen (secondary N) is 1. The Labute approximate surface area is 121 Å². The quantitative estimate of drug-likeness (QED) is 0.803. The molecule has 2 fully saturated rings. The highest BCUT2D eigenvalue weighted by Crippen LogP contribution is 2.42. The van der Waals surface area contributed by atoms with Gasteiger partial charge in [0.25, 0.3) is 0 Å². The lowest BCUT2D eigenvalue weighted by atomic mass is 9.85. The monoisotopic (exact) mass is 284 g/mol. The van der Waals surface area contributed by atoms with Crippen molar-refractivity contribution in [3.05, 3.63) is 0 Å². The van der Waals surface area contributed by atoms with Gasteiger partial charge in [-0.15, -0.1) is 11.8 Å². The molecule has 4 heteroatoms. The summed E-state index contributed by atoms with van der Waals surface area (Å²) in [6.45, 7) is 13.1. The first-order valence-corrected chi connectivity index (χ1v) is 8.36. The SMILES string of the molecule is CC(C)(C)NC1CCC2SCC(C(C)(C)C)N2C1=O. The zero-order valence-electron chi connectivity index (χ0n) is 13.1. The number of rotatable bonds is 1. The second kappa shape index (κ2) is 4.96. The Hall–Kier alpha value is -0.220. The summed E-state index contributed by atoms with van der Waals surface area (Å²) in [5.41, 5.74) is 0.165. The molecule has 19 heavy (non-hydrogen) atoms. The maximum absolute atomic E-state index is 12.8. The minimum Gasteiger partial charge on any atom is -0.325 e. The van der Waals surface area contributed by atoms with Gasteiger partial charge in [0.15, 0.2) is 0 Å². The molecule has 110 valence electrons. The molecule has 2 aliphatic heterocycles. The van der Waals surface area contributed by atoms with E-state index in [0.717, 1.165) is 18.6 Å². The molecule has 0 aliphatic carbocycles. The number of thioether (sulfide) groups is 1. The molecule has 0 saturated carbocycles. The van der Waals surface area contributed by atoms with Gasteiger partial charge < -0.3 is 10.2 Å². The van der Waals surface area contributed by atoms with E-state index in [4.69, 9.17) is 0 Å². The average Bonchev–Trinajstić information content (AvgIpc) is 2.64. The van der Waals surface area contributed by atoms with Crippen LogP contribution >= 0.6 is 11.8 Å². The Morgan fingerprint density at radius 2 is 1.79 bits per heavy atom. The van der Waals surface area contributed by atoms with Crippen molar-refractivity contribution in [3.8, 4) is 0 Å². The van der Waals surface area contributed by atoms with Crippen molar-refractivity contribution in [3.63, 3.8) is 0 Å². The first kappa shape index (κ1) is 15.2. The van der Waals surface area contributed by atoms with Gasteiger partial charge in [-0.1, -0.05) is 20.8 Å². The van der Waals surface area contributed by atoms with E-state index in [1.165, 1.54) is 0 Å². The molecule has 0 aromatic heterocycles. The van der Waals surface area contributed by atoms with Gasteiger partial charge in [-0.3, -0.25) is 4.79 Å². The van der Waals surface area contributed by atoms with Crippen LogP contribution in [0.2, 0.25) is 0 Å². The van der Waals surface area contributed by atoms with Crippen molar-refractivity contribution in [2.45, 2.75) is 77.4 Å². The van der Waals surface area contributed by atoms with Crippen LogP contribution < -0.4 is 5.32 Å². The Bertz CT molecular complexity index is 356. The van der Waals surface area contributed by atoms with E-state index in [1.807, 2.05) is 11.8 Å². The molecular weight excluding hydrogens is 256 g/mol. The van der Waals surface area contributed by atoms with Gasteiger partial charge in [0.2, 0.25) is 5.91 Å². The lowest BCUT2D eigenvalue weighted by molar-refractivity contribution is -0.141. The summed E-state index contributed by atoms with van der Waals surface area (Å²) in [4.78, 5) is 15.0. The first-order chi connectivity index (χ1) is 8.59. The number of amides is 1. The van der Waals surface area contributed by atoms with Crippen molar-refractivity contribution < 1.29 is 4.79 Å². The average molecular weight is 284 g/mol. The minimum atomic E-state index is -0.00272. The first-order valence-electron chi connectivity index (χ1n) is 7.31. The van der Waals surface area contributed by atoms with Gasteiger partial charge in [0.1, 0.15) is 0 Å². The van der Waals surface area contributed by atoms with E-state index in [2.05, 4.69) is 51.8 Å². The van der Waals surface area contributed by atoms with Crippen LogP contribution in [0.4, 0.5) is 0 Å². The fraction of sp³-hybridized carbons (Fsp3) is 0.933. The fourth-order valence-electron chi connectivity index (χ4n) is 3.02. The lowest BCUT2D eigenvalue weighted by Gasteiger charge is -2.43. The zero-order valence-corrected chi connectivity index (χ0v) is 13.9. The van der Waals surface area contributed by atoms with Gasteiger partial charge in [-0.25, -0.2) is 0 Å². The Morgan fingerprint density at radius 3 is 2.32 bits per heavy atom. The van der Waals surface area contributed by atoms with Gasteiger partial charge in [0, 0.05) is 17.3 Å². The number of hydrogen-bond donors (Lipinski definition) is 1. The van der Waals surface area contributed by atoms with E-state index in [-0.39, 0.29) is 17.0 Å². The van der Waals surface area contributed by atoms with E-state index in [0.29, 0.717) is 17.3 Å². The predicted octanol–water partition coefficient (Wildman–Crippen LogP) is 2.85. The smallest absolute Gasteiger partial charge is 0.240 e. The third-order valence-corrected chi connectivity index (χ3v) is 5.31. The molecule has 2 heterocycles. The molecule has 0 aromatic rings. The summed E-state index contributed by atoms with van der Waals surface area (Å²) in [5.74, 6) is 1.40. The molecule has 2 rings (SSSR count). The van der Waals surface area contributed by atoms with Crippen molar-refractivity contribution in [1.82, 2.24) is 10.2 Å². The van der Waals surface area contributed by atoms with Crippen LogP contribution in [0.3, 0.4) is 0 Å². The molecule has 0 bridgehead atoms. The van der Waals surface area contributed by atoms with Gasteiger partial charge in [-0.2, -0.15) is 0 Å². The summed E-state index contributed by atoms with van der Waals surface area (Å²) >= 11 is 1.96. The van der Waals surface area contributed by atoms with Crippen molar-refractivity contribution >= 4 is 17.7 Å². The van der Waals surface area contributed by atoms with Gasteiger partial charge in [-0.05, 0) is 39.0 Å². The molecule has 3 atom stereocenters. The molecule has 1 N–H and O–H groups in total. The summed E-state index contributed by atoms with van der Waals surface area (Å²) in [6, 6.07) is 0.374. The topological polar surface area (TPSA) is 32.3 Å². The summed E-state index contributed by atoms with van der Waals surface area (Å²) in [5, 5.41) is 3.90. The zero-order chi connectivity index (χ0) is 14.4. The maximum atomic E-state index is 12.8. The molecule has 1 amide bonds. The third kappa shape index (κ3) is 3.27. The molecule has 3 unspecified atom stereocenters. The minimum absolute atomic E-state index is 0.000185. The Balaban J connectivity index is 2.15. The molecular formula is C15H28N2OS. The van der Waals surface area contributed by atoms with E-state index >= 15 is 0 Å². The van der Waals surface area contributed by atoms with Gasteiger partial charge >= 0.3 is 0 Å². The summed E-state index contributed by atoms with van der Waals surface area (Å²) < 4.78 is 0. The molecule has 2 aliphatic rings. The van der Waals surface area contributed by atoms with E-state index < -0.39 is 0 Å². The number of carbonyl (C=O) groups excluding carboxylic acids is 1. The Morgan fingerprint density at radius 1 is 1.16 bits per heavy atom. The molecule has 3 nitrogen and oxygen atoms in total. The third-order valence-electron chi connectivity index (χ3n) is 3.95. The highest BCUT2D eigenvalue weighted by Gasteiger charge is 2.47. The highest BCUT2D eigenvalue weighted by atomic mass is 32.2. The van der Waals surface area contributed by atoms with Crippen LogP contribution in [0.15, 0.2) is 0 Å². The lowest BCUT2D eigenvalue weighted by Crippen LogP contribution is -2.60. The normalized spacial score (nSPS) is 32.6. The number of carbonyl (C=O) groups is 1. The van der Waals surface area contributed by atoms with Crippen LogP contribution in [0.25, 0.3) is 0 Å². The fourth-order valence-corrected chi connectivity index (χ4v) is 4.80. The van der Waals surface area contributed by atoms with Crippen LogP contribution in [0, 0.1) is 5.41 Å². The molecule has 0 spiro atoms. The number of nitrogens with zero attached hydrogens (tertiary/aromatic N) is 1. The van der Waals surface area contributed by atoms with E-state index in [1.54, 1.807) is 0 Å². The van der Waals surface area contributed by atoms with Crippen LogP contribution in [-0.2, 0) is 4.79 Å². The largest absolute Gasteiger partial charge is 0.325 e.